The third-order valence-electron chi connectivity index (χ3n) is 6.26. The van der Waals surface area contributed by atoms with Crippen LogP contribution in [0.3, 0.4) is 0 Å². The van der Waals surface area contributed by atoms with Gasteiger partial charge in [-0.3, -0.25) is 9.59 Å². The molecule has 5 heteroatoms. The van der Waals surface area contributed by atoms with Crippen LogP contribution in [0.5, 0.6) is 0 Å². The highest BCUT2D eigenvalue weighted by atomic mass is 35.5. The Kier molecular flexibility index (Phi) is 14.5. The van der Waals surface area contributed by atoms with Crippen molar-refractivity contribution in [2.45, 2.75) is 77.2 Å². The molecule has 2 aromatic carbocycles. The lowest BCUT2D eigenvalue weighted by Gasteiger charge is -2.37. The van der Waals surface area contributed by atoms with Crippen LogP contribution >= 0.6 is 11.6 Å². The summed E-state index contributed by atoms with van der Waals surface area (Å²) in [7, 11) is 4.14. The molecule has 0 aliphatic rings. The summed E-state index contributed by atoms with van der Waals surface area (Å²) in [6.07, 6.45) is 6.22. The largest absolute Gasteiger partial charge is 0.449 e. The zero-order valence-corrected chi connectivity index (χ0v) is 22.3. The van der Waals surface area contributed by atoms with E-state index in [-0.39, 0.29) is 17.8 Å². The second kappa shape index (κ2) is 16.5. The van der Waals surface area contributed by atoms with Gasteiger partial charge in [0.1, 0.15) is 5.78 Å². The summed E-state index contributed by atoms with van der Waals surface area (Å²) in [4.78, 5) is 26.1. The molecular weight excluding hydrogens is 446 g/mol. The molecule has 0 aromatic heterocycles. The molecule has 0 saturated heterocycles. The topological polar surface area (TPSA) is 46.6 Å². The predicted molar refractivity (Wildman–Crippen MR) is 142 cm³/mol. The Morgan fingerprint density at radius 1 is 0.912 bits per heavy atom. The Morgan fingerprint density at radius 2 is 1.44 bits per heavy atom. The summed E-state index contributed by atoms with van der Waals surface area (Å²) < 4.78 is 4.55. The Hall–Kier alpha value is -2.17. The summed E-state index contributed by atoms with van der Waals surface area (Å²) >= 11 is 5.19. The Bertz CT molecular complexity index is 784. The lowest BCUT2D eigenvalue weighted by molar-refractivity contribution is -0.141. The molecule has 34 heavy (non-hydrogen) atoms. The number of carbonyl (C=O) groups is 2. The zero-order valence-electron chi connectivity index (χ0n) is 21.6. The van der Waals surface area contributed by atoms with Crippen molar-refractivity contribution in [2.75, 3.05) is 20.2 Å². The number of unbranched alkanes of at least 4 members (excludes halogenated alkanes) is 3. The molecule has 1 unspecified atom stereocenters. The molecule has 0 aliphatic carbocycles. The number of Topliss-reactive ketones (excluding diaryl/α,β-unsaturated/α-hetero) is 1. The number of esters is 1. The van der Waals surface area contributed by atoms with Gasteiger partial charge in [0, 0.05) is 18.9 Å². The van der Waals surface area contributed by atoms with E-state index in [4.69, 9.17) is 11.6 Å². The number of hydrogen-bond donors (Lipinski definition) is 0. The molecule has 0 fully saturated rings. The van der Waals surface area contributed by atoms with Gasteiger partial charge in [0.25, 0.3) is 0 Å². The fraction of sp³-hybridized carbons (Fsp3) is 0.517. The van der Waals surface area contributed by atoms with Crippen LogP contribution in [-0.2, 0) is 19.7 Å². The number of carbonyl (C=O) groups excluding carboxylic acids is 2. The van der Waals surface area contributed by atoms with E-state index in [0.29, 0.717) is 18.9 Å². The van der Waals surface area contributed by atoms with Crippen LogP contribution in [0.25, 0.3) is 0 Å². The van der Waals surface area contributed by atoms with E-state index in [0.717, 1.165) is 30.4 Å². The maximum atomic E-state index is 13.2. The van der Waals surface area contributed by atoms with Gasteiger partial charge in [-0.2, -0.15) is 0 Å². The van der Waals surface area contributed by atoms with Crippen molar-refractivity contribution in [3.8, 4) is 0 Å². The van der Waals surface area contributed by atoms with Crippen LogP contribution < -0.4 is 0 Å². The van der Waals surface area contributed by atoms with Crippen molar-refractivity contribution in [3.63, 3.8) is 0 Å². The number of nitrogens with zero attached hydrogens (tertiary/aromatic N) is 1. The maximum Gasteiger partial charge on any atom is 0.306 e. The molecule has 188 valence electrons. The van der Waals surface area contributed by atoms with Crippen LogP contribution in [-0.4, -0.2) is 42.9 Å². The van der Waals surface area contributed by atoms with Crippen LogP contribution in [0, 0.1) is 0 Å². The first kappa shape index (κ1) is 29.9. The SMILES string of the molecule is CCC(=O)C(CC(C)N(C)C)(c1ccccc1)c1ccccc1.CCCCCCC(=O)OCCl. The summed E-state index contributed by atoms with van der Waals surface area (Å²) in [6.45, 7) is 6.28. The van der Waals surface area contributed by atoms with Crippen molar-refractivity contribution in [2.24, 2.45) is 0 Å². The molecule has 0 spiro atoms. The van der Waals surface area contributed by atoms with Crippen LogP contribution in [0.4, 0.5) is 0 Å². The molecule has 4 nitrogen and oxygen atoms in total. The van der Waals surface area contributed by atoms with Crippen molar-refractivity contribution >= 4 is 23.4 Å². The lowest BCUT2D eigenvalue weighted by Crippen LogP contribution is -2.42. The molecule has 0 N–H and O–H groups in total. The number of benzene rings is 2. The number of rotatable bonds is 13. The van der Waals surface area contributed by atoms with Crippen molar-refractivity contribution in [1.29, 1.82) is 0 Å². The normalized spacial score (nSPS) is 12.0. The molecule has 2 rings (SSSR count). The Morgan fingerprint density at radius 3 is 1.85 bits per heavy atom. The molecule has 0 radical (unpaired) electrons. The van der Waals surface area contributed by atoms with Crippen molar-refractivity contribution in [1.82, 2.24) is 4.90 Å². The van der Waals surface area contributed by atoms with Gasteiger partial charge in [-0.25, -0.2) is 0 Å². The number of hydrogen-bond acceptors (Lipinski definition) is 4. The van der Waals surface area contributed by atoms with Gasteiger partial charge >= 0.3 is 5.97 Å². The number of halogens is 1. The maximum absolute atomic E-state index is 13.2. The molecule has 0 aliphatic heterocycles. The van der Waals surface area contributed by atoms with E-state index in [1.54, 1.807) is 0 Å². The van der Waals surface area contributed by atoms with Gasteiger partial charge in [0.2, 0.25) is 0 Å². The van der Waals surface area contributed by atoms with Crippen LogP contribution in [0.1, 0.15) is 76.8 Å². The third kappa shape index (κ3) is 9.23. The molecular formula is C29H42ClNO3. The molecule has 0 heterocycles. The highest BCUT2D eigenvalue weighted by Crippen LogP contribution is 2.39. The van der Waals surface area contributed by atoms with Gasteiger partial charge in [-0.1, -0.05) is 105 Å². The predicted octanol–water partition coefficient (Wildman–Crippen LogP) is 6.99. The lowest BCUT2D eigenvalue weighted by atomic mass is 9.67. The fourth-order valence-electron chi connectivity index (χ4n) is 4.04. The van der Waals surface area contributed by atoms with Crippen LogP contribution in [0.15, 0.2) is 60.7 Å². The quantitative estimate of drug-likeness (QED) is 0.173. The first-order chi connectivity index (χ1) is 16.3. The summed E-state index contributed by atoms with van der Waals surface area (Å²) in [5.74, 6) is 0.0969. The highest BCUT2D eigenvalue weighted by molar-refractivity contribution is 6.17. The van der Waals surface area contributed by atoms with Gasteiger partial charge < -0.3 is 9.64 Å². The van der Waals surface area contributed by atoms with Gasteiger partial charge in [0.05, 0.1) is 5.41 Å². The number of ketones is 1. The monoisotopic (exact) mass is 487 g/mol. The summed E-state index contributed by atoms with van der Waals surface area (Å²) in [5.41, 5.74) is 1.60. The van der Waals surface area contributed by atoms with E-state index in [1.807, 2.05) is 43.3 Å². The molecule has 1 atom stereocenters. The number of alkyl halides is 1. The molecule has 0 saturated carbocycles. The first-order valence-corrected chi connectivity index (χ1v) is 12.9. The highest BCUT2D eigenvalue weighted by Gasteiger charge is 2.41. The Balaban J connectivity index is 0.000000445. The second-order valence-corrected chi connectivity index (χ2v) is 9.09. The van der Waals surface area contributed by atoms with E-state index >= 15 is 0 Å². The minimum Gasteiger partial charge on any atom is -0.449 e. The van der Waals surface area contributed by atoms with E-state index < -0.39 is 5.41 Å². The van der Waals surface area contributed by atoms with E-state index in [1.165, 1.54) is 12.8 Å². The standard InChI is InChI=1S/C21H27NO.C8H15ClO2/c1-5-20(23)21(16-17(2)22(3)4,18-12-8-6-9-13-18)19-14-10-7-11-15-19;1-2-3-4-5-6-8(10)11-7-9/h6-15,17H,5,16H2,1-4H3;2-7H2,1H3. The first-order valence-electron chi connectivity index (χ1n) is 12.4. The molecule has 2 aromatic rings. The van der Waals surface area contributed by atoms with Crippen molar-refractivity contribution < 1.29 is 14.3 Å². The second-order valence-electron chi connectivity index (χ2n) is 8.87. The third-order valence-corrected chi connectivity index (χ3v) is 6.37. The van der Waals surface area contributed by atoms with Gasteiger partial charge in [-0.15, -0.1) is 0 Å². The van der Waals surface area contributed by atoms with E-state index in [2.05, 4.69) is 61.8 Å². The summed E-state index contributed by atoms with van der Waals surface area (Å²) in [5, 5.41) is 0. The molecule has 0 amide bonds. The Labute approximate surface area is 211 Å². The zero-order chi connectivity index (χ0) is 25.4. The smallest absolute Gasteiger partial charge is 0.306 e. The minimum atomic E-state index is -0.582. The van der Waals surface area contributed by atoms with Gasteiger partial charge in [0.15, 0.2) is 6.07 Å². The average Bonchev–Trinajstić information content (AvgIpc) is 2.86. The molecule has 0 bridgehead atoms. The fourth-order valence-corrected chi connectivity index (χ4v) is 4.16. The van der Waals surface area contributed by atoms with E-state index in [9.17, 15) is 9.59 Å². The summed E-state index contributed by atoms with van der Waals surface area (Å²) in [6, 6.07) is 20.7. The van der Waals surface area contributed by atoms with Crippen molar-refractivity contribution in [3.05, 3.63) is 71.8 Å². The van der Waals surface area contributed by atoms with Crippen LogP contribution in [0.2, 0.25) is 0 Å². The van der Waals surface area contributed by atoms with Gasteiger partial charge in [-0.05, 0) is 45.0 Å². The minimum absolute atomic E-state index is 0.0212. The number of ether oxygens (including phenoxy) is 1. The average molecular weight is 488 g/mol.